The monoisotopic (exact) mass is 510 g/mol. The van der Waals surface area contributed by atoms with Crippen molar-refractivity contribution in [2.24, 2.45) is 0 Å². The standard InChI is InChI=1S/C23H23BrN6OS/c1-14(2)32(31)29-9-7-15(8-10-29)21-20(24)22(25)30-23(28-21)18(13-27-30)17-11-16-5-3-4-6-19(16)26-12-17/h3,5,11-15H,7-10,25H2,1-2H3. The summed E-state index contributed by atoms with van der Waals surface area (Å²) in [6.45, 7) is 5.55. The summed E-state index contributed by atoms with van der Waals surface area (Å²) in [6, 6.07) is 11.8. The Kier molecular flexibility index (Phi) is 5.61. The van der Waals surface area contributed by atoms with E-state index in [2.05, 4.69) is 48.5 Å². The van der Waals surface area contributed by atoms with Gasteiger partial charge in [-0.3, -0.25) is 0 Å². The average molecular weight is 511 g/mol. The van der Waals surface area contributed by atoms with Crippen LogP contribution in [0.2, 0.25) is 0 Å². The van der Waals surface area contributed by atoms with E-state index in [-0.39, 0.29) is 11.2 Å². The molecular weight excluding hydrogens is 488 g/mol. The number of nitrogens with zero attached hydrogens (tertiary/aromatic N) is 5. The first-order valence-electron chi connectivity index (χ1n) is 10.6. The smallest absolute Gasteiger partial charge is 0.165 e. The predicted octanol–water partition coefficient (Wildman–Crippen LogP) is 4.14. The molecule has 1 unspecified atom stereocenters. The summed E-state index contributed by atoms with van der Waals surface area (Å²) < 4.78 is 17.0. The summed E-state index contributed by atoms with van der Waals surface area (Å²) in [5, 5.41) is 5.60. The first-order valence-corrected chi connectivity index (χ1v) is 12.6. The number of halogens is 1. The molecule has 0 saturated carbocycles. The number of aromatic nitrogens is 4. The van der Waals surface area contributed by atoms with Gasteiger partial charge in [-0.15, -0.1) is 0 Å². The van der Waals surface area contributed by atoms with Crippen LogP contribution in [0.1, 0.15) is 38.3 Å². The molecule has 0 bridgehead atoms. The molecule has 32 heavy (non-hydrogen) atoms. The maximum atomic E-state index is 12.5. The van der Waals surface area contributed by atoms with E-state index in [4.69, 9.17) is 10.7 Å². The highest BCUT2D eigenvalue weighted by Crippen LogP contribution is 2.37. The van der Waals surface area contributed by atoms with Gasteiger partial charge in [0.05, 0.1) is 27.3 Å². The van der Waals surface area contributed by atoms with Crippen molar-refractivity contribution in [2.75, 3.05) is 18.8 Å². The summed E-state index contributed by atoms with van der Waals surface area (Å²) in [4.78, 5) is 9.53. The van der Waals surface area contributed by atoms with E-state index >= 15 is 0 Å². The SMILES string of the molecule is CC(C)S(=O)N1CCC(c2nc3c(-c4cnc5c#cccc5c4)cnn3c(N)c2Br)CC1. The Balaban J connectivity index is 1.52. The van der Waals surface area contributed by atoms with Gasteiger partial charge in [0.25, 0.3) is 0 Å². The highest BCUT2D eigenvalue weighted by atomic mass is 79.9. The number of rotatable bonds is 4. The second-order valence-electron chi connectivity index (χ2n) is 8.28. The number of nitrogens with two attached hydrogens (primary N) is 1. The van der Waals surface area contributed by atoms with Gasteiger partial charge in [-0.25, -0.2) is 18.5 Å². The first-order chi connectivity index (χ1) is 15.4. The third-order valence-corrected chi connectivity index (χ3v) is 8.40. The molecule has 0 aliphatic carbocycles. The zero-order valence-corrected chi connectivity index (χ0v) is 20.3. The summed E-state index contributed by atoms with van der Waals surface area (Å²) in [5.74, 6) is 0.765. The van der Waals surface area contributed by atoms with Crippen LogP contribution in [0.5, 0.6) is 0 Å². The highest BCUT2D eigenvalue weighted by molar-refractivity contribution is 9.10. The van der Waals surface area contributed by atoms with Crippen molar-refractivity contribution in [3.8, 4) is 11.1 Å². The van der Waals surface area contributed by atoms with Crippen LogP contribution in [0.3, 0.4) is 0 Å². The van der Waals surface area contributed by atoms with Crippen molar-refractivity contribution in [1.82, 2.24) is 23.9 Å². The molecule has 1 saturated heterocycles. The van der Waals surface area contributed by atoms with Crippen LogP contribution in [0, 0.1) is 12.1 Å². The summed E-state index contributed by atoms with van der Waals surface area (Å²) in [7, 11) is -0.945. The summed E-state index contributed by atoms with van der Waals surface area (Å²) in [5.41, 5.74) is 10.7. The fourth-order valence-corrected chi connectivity index (χ4v) is 5.94. The molecule has 1 aliphatic heterocycles. The van der Waals surface area contributed by atoms with Crippen molar-refractivity contribution >= 4 is 49.3 Å². The van der Waals surface area contributed by atoms with Crippen LogP contribution in [-0.2, 0) is 11.0 Å². The van der Waals surface area contributed by atoms with Gasteiger partial charge in [0.1, 0.15) is 11.3 Å². The Hall–Kier alpha value is -2.54. The molecule has 1 fully saturated rings. The van der Waals surface area contributed by atoms with E-state index in [1.165, 1.54) is 0 Å². The van der Waals surface area contributed by atoms with Crippen LogP contribution in [0.15, 0.2) is 35.1 Å². The molecule has 4 aromatic rings. The maximum absolute atomic E-state index is 12.5. The number of pyridine rings is 1. The molecule has 1 aliphatic rings. The molecule has 3 aromatic heterocycles. The fourth-order valence-electron chi connectivity index (χ4n) is 4.20. The van der Waals surface area contributed by atoms with Gasteiger partial charge >= 0.3 is 0 Å². The zero-order valence-electron chi connectivity index (χ0n) is 17.9. The minimum absolute atomic E-state index is 0.129. The van der Waals surface area contributed by atoms with E-state index < -0.39 is 11.0 Å². The molecular formula is C23H23BrN6OS. The summed E-state index contributed by atoms with van der Waals surface area (Å²) in [6.07, 6.45) is 5.36. The van der Waals surface area contributed by atoms with Gasteiger partial charge in [-0.05, 0) is 66.9 Å². The predicted molar refractivity (Wildman–Crippen MR) is 130 cm³/mol. The quantitative estimate of drug-likeness (QED) is 0.445. The Labute approximate surface area is 197 Å². The second kappa shape index (κ2) is 8.43. The van der Waals surface area contributed by atoms with Crippen molar-refractivity contribution < 1.29 is 4.21 Å². The molecule has 4 heterocycles. The lowest BCUT2D eigenvalue weighted by Gasteiger charge is -2.32. The van der Waals surface area contributed by atoms with Crippen LogP contribution in [0.4, 0.5) is 5.82 Å². The number of nitrogen functional groups attached to an aromatic ring is 1. The fraction of sp³-hybridized carbons (Fsp3) is 0.348. The molecule has 5 rings (SSSR count). The van der Waals surface area contributed by atoms with E-state index in [1.54, 1.807) is 10.7 Å². The molecule has 1 atom stereocenters. The maximum Gasteiger partial charge on any atom is 0.165 e. The van der Waals surface area contributed by atoms with Gasteiger partial charge in [0.15, 0.2) is 5.65 Å². The topological polar surface area (TPSA) is 89.4 Å². The molecule has 0 spiro atoms. The van der Waals surface area contributed by atoms with Crippen molar-refractivity contribution in [3.05, 3.63) is 52.9 Å². The van der Waals surface area contributed by atoms with E-state index in [9.17, 15) is 4.21 Å². The van der Waals surface area contributed by atoms with E-state index in [1.807, 2.05) is 32.2 Å². The molecule has 7 nitrogen and oxygen atoms in total. The summed E-state index contributed by atoms with van der Waals surface area (Å²) >= 11 is 3.66. The lowest BCUT2D eigenvalue weighted by atomic mass is 9.94. The Morgan fingerprint density at radius 3 is 2.81 bits per heavy atom. The molecule has 0 radical (unpaired) electrons. The lowest BCUT2D eigenvalue weighted by Crippen LogP contribution is -2.37. The molecule has 164 valence electrons. The zero-order chi connectivity index (χ0) is 22.4. The Bertz CT molecular complexity index is 1330. The van der Waals surface area contributed by atoms with Crippen LogP contribution >= 0.6 is 15.9 Å². The minimum Gasteiger partial charge on any atom is -0.383 e. The first kappa shape index (κ1) is 21.3. The van der Waals surface area contributed by atoms with Gasteiger partial charge < -0.3 is 5.73 Å². The number of anilines is 1. The lowest BCUT2D eigenvalue weighted by molar-refractivity contribution is 0.329. The third-order valence-electron chi connectivity index (χ3n) is 5.91. The largest absolute Gasteiger partial charge is 0.383 e. The average Bonchev–Trinajstić information content (AvgIpc) is 3.25. The van der Waals surface area contributed by atoms with Crippen LogP contribution in [0.25, 0.3) is 27.7 Å². The van der Waals surface area contributed by atoms with Crippen LogP contribution < -0.4 is 5.73 Å². The van der Waals surface area contributed by atoms with Gasteiger partial charge in [-0.1, -0.05) is 6.07 Å². The Morgan fingerprint density at radius 2 is 2.06 bits per heavy atom. The van der Waals surface area contributed by atoms with Gasteiger partial charge in [0, 0.05) is 47.0 Å². The number of fused-ring (bicyclic) bond motifs is 2. The molecule has 9 heteroatoms. The minimum atomic E-state index is -0.945. The highest BCUT2D eigenvalue weighted by Gasteiger charge is 2.29. The number of piperidine rings is 1. The normalized spacial score (nSPS) is 16.6. The van der Waals surface area contributed by atoms with E-state index in [0.29, 0.717) is 11.5 Å². The molecule has 1 aromatic carbocycles. The second-order valence-corrected chi connectivity index (χ2v) is 11.1. The van der Waals surface area contributed by atoms with Crippen molar-refractivity contribution in [3.63, 3.8) is 0 Å². The number of hydrogen-bond acceptors (Lipinski definition) is 5. The molecule has 0 amide bonds. The van der Waals surface area contributed by atoms with E-state index in [0.717, 1.165) is 58.1 Å². The van der Waals surface area contributed by atoms with Crippen LogP contribution in [-0.4, -0.2) is 46.4 Å². The van der Waals surface area contributed by atoms with Gasteiger partial charge in [0.2, 0.25) is 0 Å². The van der Waals surface area contributed by atoms with Crippen molar-refractivity contribution in [2.45, 2.75) is 37.9 Å². The number of hydrogen-bond donors (Lipinski definition) is 1. The molecule has 2 N–H and O–H groups in total. The van der Waals surface area contributed by atoms with Gasteiger partial charge in [-0.2, -0.15) is 9.61 Å². The Morgan fingerprint density at radius 1 is 1.28 bits per heavy atom. The van der Waals surface area contributed by atoms with Crippen molar-refractivity contribution in [1.29, 1.82) is 0 Å². The third kappa shape index (κ3) is 3.66.